The van der Waals surface area contributed by atoms with Gasteiger partial charge in [0.25, 0.3) is 0 Å². The number of rotatable bonds is 8. The van der Waals surface area contributed by atoms with Gasteiger partial charge >= 0.3 is 0 Å². The minimum absolute atomic E-state index is 0.0538. The lowest BCUT2D eigenvalue weighted by molar-refractivity contribution is -0.130. The van der Waals surface area contributed by atoms with Gasteiger partial charge < -0.3 is 14.2 Å². The number of nitrogens with zero attached hydrogens (tertiary/aromatic N) is 3. The molecule has 3 aromatic rings. The predicted molar refractivity (Wildman–Crippen MR) is 112 cm³/mol. The Hall–Kier alpha value is -2.57. The van der Waals surface area contributed by atoms with Gasteiger partial charge in [0.15, 0.2) is 0 Å². The number of hydrogen-bond acceptors (Lipinski definition) is 5. The molecule has 0 aliphatic rings. The van der Waals surface area contributed by atoms with Crippen molar-refractivity contribution in [2.75, 3.05) is 13.7 Å². The number of aromatic nitrogens is 2. The van der Waals surface area contributed by atoms with E-state index in [1.807, 2.05) is 43.3 Å². The van der Waals surface area contributed by atoms with E-state index in [1.165, 1.54) is 0 Å². The lowest BCUT2D eigenvalue weighted by Crippen LogP contribution is -2.26. The fourth-order valence-corrected chi connectivity index (χ4v) is 3.14. The van der Waals surface area contributed by atoms with E-state index in [0.29, 0.717) is 41.3 Å². The molecule has 0 aliphatic carbocycles. The fraction of sp³-hybridized carbons (Fsp3) is 0.286. The van der Waals surface area contributed by atoms with Crippen molar-refractivity contribution in [2.45, 2.75) is 26.3 Å². The van der Waals surface area contributed by atoms with E-state index in [0.717, 1.165) is 16.9 Å². The number of amides is 1. The van der Waals surface area contributed by atoms with Crippen LogP contribution in [-0.2, 0) is 17.8 Å². The zero-order valence-corrected chi connectivity index (χ0v) is 17.7. The number of carbonyl (C=O) groups is 1. The summed E-state index contributed by atoms with van der Waals surface area (Å²) in [7, 11) is 1.72. The molecule has 1 aromatic heterocycles. The number of aryl methyl sites for hydroxylation is 1. The number of hydrogen-bond donors (Lipinski definition) is 0. The Balaban J connectivity index is 1.56. The molecule has 1 amide bonds. The standard InChI is InChI=1S/C21H21Cl2N3O3/c1-3-28-16-9-7-14(8-10-16)21-24-18(29-25-21)11-12-19(27)26(2)13-15-5-4-6-17(22)20(15)23/h4-10H,3,11-13H2,1-2H3. The molecule has 0 bridgehead atoms. The Labute approximate surface area is 179 Å². The van der Waals surface area contributed by atoms with Crippen LogP contribution < -0.4 is 4.74 Å². The predicted octanol–water partition coefficient (Wildman–Crippen LogP) is 5.03. The van der Waals surface area contributed by atoms with Gasteiger partial charge in [0, 0.05) is 32.0 Å². The molecule has 3 rings (SSSR count). The highest BCUT2D eigenvalue weighted by Crippen LogP contribution is 2.26. The number of ether oxygens (including phenoxy) is 1. The maximum Gasteiger partial charge on any atom is 0.227 e. The summed E-state index contributed by atoms with van der Waals surface area (Å²) < 4.78 is 10.7. The quantitative estimate of drug-likeness (QED) is 0.497. The van der Waals surface area contributed by atoms with Gasteiger partial charge in [-0.25, -0.2) is 0 Å². The van der Waals surface area contributed by atoms with Gasteiger partial charge in [-0.05, 0) is 42.8 Å². The zero-order valence-electron chi connectivity index (χ0n) is 16.2. The number of carbonyl (C=O) groups excluding carboxylic acids is 1. The minimum atomic E-state index is -0.0538. The maximum atomic E-state index is 12.4. The average Bonchev–Trinajstić information content (AvgIpc) is 3.19. The third kappa shape index (κ3) is 5.49. The summed E-state index contributed by atoms with van der Waals surface area (Å²) in [5, 5.41) is 4.92. The molecule has 0 aliphatic heterocycles. The van der Waals surface area contributed by atoms with E-state index in [1.54, 1.807) is 18.0 Å². The molecule has 29 heavy (non-hydrogen) atoms. The van der Waals surface area contributed by atoms with Gasteiger partial charge in [0.2, 0.25) is 17.6 Å². The topological polar surface area (TPSA) is 68.5 Å². The highest BCUT2D eigenvalue weighted by Gasteiger charge is 2.15. The second-order valence-corrected chi connectivity index (χ2v) is 7.22. The Morgan fingerprint density at radius 2 is 1.93 bits per heavy atom. The van der Waals surface area contributed by atoms with Gasteiger partial charge in [-0.2, -0.15) is 4.98 Å². The molecule has 2 aromatic carbocycles. The summed E-state index contributed by atoms with van der Waals surface area (Å²) in [5.74, 6) is 1.63. The highest BCUT2D eigenvalue weighted by molar-refractivity contribution is 6.42. The van der Waals surface area contributed by atoms with Crippen molar-refractivity contribution in [1.29, 1.82) is 0 Å². The Bertz CT molecular complexity index is 974. The van der Waals surface area contributed by atoms with Crippen molar-refractivity contribution in [3.05, 3.63) is 64.0 Å². The second kappa shape index (κ2) is 9.76. The van der Waals surface area contributed by atoms with Crippen molar-refractivity contribution in [3.63, 3.8) is 0 Å². The third-order valence-corrected chi connectivity index (χ3v) is 5.17. The van der Waals surface area contributed by atoms with E-state index in [-0.39, 0.29) is 12.3 Å². The Morgan fingerprint density at radius 1 is 1.17 bits per heavy atom. The number of halogens is 2. The first-order valence-electron chi connectivity index (χ1n) is 9.20. The smallest absolute Gasteiger partial charge is 0.227 e. The summed E-state index contributed by atoms with van der Waals surface area (Å²) >= 11 is 12.2. The second-order valence-electron chi connectivity index (χ2n) is 6.43. The van der Waals surface area contributed by atoms with Crippen LogP contribution in [0.5, 0.6) is 5.75 Å². The van der Waals surface area contributed by atoms with Crippen LogP contribution in [0, 0.1) is 0 Å². The summed E-state index contributed by atoms with van der Waals surface area (Å²) in [5.41, 5.74) is 1.62. The van der Waals surface area contributed by atoms with E-state index in [2.05, 4.69) is 10.1 Å². The van der Waals surface area contributed by atoms with E-state index in [4.69, 9.17) is 32.5 Å². The Morgan fingerprint density at radius 3 is 2.66 bits per heavy atom. The minimum Gasteiger partial charge on any atom is -0.494 e. The van der Waals surface area contributed by atoms with Gasteiger partial charge in [-0.15, -0.1) is 0 Å². The first-order valence-corrected chi connectivity index (χ1v) is 9.96. The SMILES string of the molecule is CCOc1ccc(-c2noc(CCC(=O)N(C)Cc3cccc(Cl)c3Cl)n2)cc1. The maximum absolute atomic E-state index is 12.4. The van der Waals surface area contributed by atoms with Crippen LogP contribution in [0.2, 0.25) is 10.0 Å². The summed E-state index contributed by atoms with van der Waals surface area (Å²) in [6.07, 6.45) is 0.607. The lowest BCUT2D eigenvalue weighted by atomic mass is 10.2. The molecule has 0 unspecified atom stereocenters. The van der Waals surface area contributed by atoms with Gasteiger partial charge in [0.05, 0.1) is 16.7 Å². The molecular formula is C21H21Cl2N3O3. The van der Waals surface area contributed by atoms with E-state index in [9.17, 15) is 4.79 Å². The van der Waals surface area contributed by atoms with Crippen molar-refractivity contribution >= 4 is 29.1 Å². The highest BCUT2D eigenvalue weighted by atomic mass is 35.5. The molecule has 0 saturated carbocycles. The molecule has 0 radical (unpaired) electrons. The summed E-state index contributed by atoms with van der Waals surface area (Å²) in [6, 6.07) is 12.8. The molecular weight excluding hydrogens is 413 g/mol. The van der Waals surface area contributed by atoms with Crippen molar-refractivity contribution in [2.24, 2.45) is 0 Å². The molecule has 8 heteroatoms. The summed E-state index contributed by atoms with van der Waals surface area (Å²) in [4.78, 5) is 18.4. The molecule has 6 nitrogen and oxygen atoms in total. The zero-order chi connectivity index (χ0) is 20.8. The molecule has 0 atom stereocenters. The van der Waals surface area contributed by atoms with Crippen molar-refractivity contribution in [3.8, 4) is 17.1 Å². The first-order chi connectivity index (χ1) is 14.0. The molecule has 0 spiro atoms. The van der Waals surface area contributed by atoms with Crippen LogP contribution in [0.25, 0.3) is 11.4 Å². The molecule has 1 heterocycles. The largest absolute Gasteiger partial charge is 0.494 e. The monoisotopic (exact) mass is 433 g/mol. The first kappa shape index (κ1) is 21.1. The molecule has 0 fully saturated rings. The van der Waals surface area contributed by atoms with Crippen LogP contribution in [-0.4, -0.2) is 34.6 Å². The molecule has 152 valence electrons. The van der Waals surface area contributed by atoms with Crippen LogP contribution in [0.15, 0.2) is 47.0 Å². The van der Waals surface area contributed by atoms with Gasteiger partial charge in [0.1, 0.15) is 5.75 Å². The van der Waals surface area contributed by atoms with Gasteiger partial charge in [-0.1, -0.05) is 40.5 Å². The third-order valence-electron chi connectivity index (χ3n) is 4.31. The van der Waals surface area contributed by atoms with E-state index >= 15 is 0 Å². The lowest BCUT2D eigenvalue weighted by Gasteiger charge is -2.18. The number of benzene rings is 2. The average molecular weight is 434 g/mol. The van der Waals surface area contributed by atoms with Crippen molar-refractivity contribution < 1.29 is 14.1 Å². The summed E-state index contributed by atoms with van der Waals surface area (Å²) in [6.45, 7) is 2.92. The van der Waals surface area contributed by atoms with E-state index < -0.39 is 0 Å². The van der Waals surface area contributed by atoms with Crippen molar-refractivity contribution in [1.82, 2.24) is 15.0 Å². The molecule has 0 saturated heterocycles. The normalized spacial score (nSPS) is 10.8. The van der Waals surface area contributed by atoms with Crippen LogP contribution >= 0.6 is 23.2 Å². The van der Waals surface area contributed by atoms with Crippen LogP contribution in [0.4, 0.5) is 0 Å². The van der Waals surface area contributed by atoms with Gasteiger partial charge in [-0.3, -0.25) is 4.79 Å². The molecule has 0 N–H and O–H groups in total. The fourth-order valence-electron chi connectivity index (χ4n) is 2.76. The van der Waals surface area contributed by atoms with Crippen LogP contribution in [0.3, 0.4) is 0 Å². The van der Waals surface area contributed by atoms with Crippen LogP contribution in [0.1, 0.15) is 24.8 Å². The Kier molecular flexibility index (Phi) is 7.12.